The van der Waals surface area contributed by atoms with Gasteiger partial charge < -0.3 is 5.32 Å². The third kappa shape index (κ3) is 1.92. The second kappa shape index (κ2) is 4.56. The van der Waals surface area contributed by atoms with Crippen molar-refractivity contribution in [3.8, 4) is 0 Å². The van der Waals surface area contributed by atoms with Crippen LogP contribution in [0, 0.1) is 0 Å². The van der Waals surface area contributed by atoms with E-state index < -0.39 is 0 Å². The van der Waals surface area contributed by atoms with Gasteiger partial charge in [0.05, 0.1) is 0 Å². The van der Waals surface area contributed by atoms with Gasteiger partial charge in [0.2, 0.25) is 0 Å². The second-order valence-corrected chi connectivity index (χ2v) is 4.87. The molecule has 0 saturated carbocycles. The Morgan fingerprint density at radius 2 is 2.43 bits per heavy atom. The predicted molar refractivity (Wildman–Crippen MR) is 64.0 cm³/mol. The summed E-state index contributed by atoms with van der Waals surface area (Å²) in [5.41, 5.74) is 2.70. The van der Waals surface area contributed by atoms with Crippen LogP contribution in [0.15, 0.2) is 18.2 Å². The molecule has 14 heavy (non-hydrogen) atoms. The Morgan fingerprint density at radius 3 is 3.21 bits per heavy atom. The first-order chi connectivity index (χ1) is 6.83. The quantitative estimate of drug-likeness (QED) is 0.833. The van der Waals surface area contributed by atoms with E-state index >= 15 is 0 Å². The minimum Gasteiger partial charge on any atom is -0.309 e. The van der Waals surface area contributed by atoms with Crippen LogP contribution in [0.2, 0.25) is 5.02 Å². The maximum absolute atomic E-state index is 6.17. The summed E-state index contributed by atoms with van der Waals surface area (Å²) in [6.07, 6.45) is 0. The molecule has 0 fully saturated rings. The molecule has 0 radical (unpaired) electrons. The van der Waals surface area contributed by atoms with Gasteiger partial charge in [-0.3, -0.25) is 0 Å². The van der Waals surface area contributed by atoms with Crippen molar-refractivity contribution in [2.75, 3.05) is 12.3 Å². The summed E-state index contributed by atoms with van der Waals surface area (Å²) in [4.78, 5) is 0. The third-order valence-corrected chi connectivity index (χ3v) is 3.93. The number of halogens is 1. The molecular weight excluding hydrogens is 214 g/mol. The van der Waals surface area contributed by atoms with E-state index in [0.717, 1.165) is 23.1 Å². The third-order valence-electron chi connectivity index (χ3n) is 2.51. The van der Waals surface area contributed by atoms with Crippen LogP contribution in [0.4, 0.5) is 0 Å². The fraction of sp³-hybridized carbons (Fsp3) is 0.455. The summed E-state index contributed by atoms with van der Waals surface area (Å²) in [7, 11) is 0. The minimum atomic E-state index is 0.479. The number of rotatable bonds is 2. The van der Waals surface area contributed by atoms with Crippen LogP contribution in [0.1, 0.15) is 24.1 Å². The fourth-order valence-electron chi connectivity index (χ4n) is 1.84. The fourth-order valence-corrected chi connectivity index (χ4v) is 3.34. The van der Waals surface area contributed by atoms with E-state index in [9.17, 15) is 0 Å². The lowest BCUT2D eigenvalue weighted by molar-refractivity contribution is 0.598. The summed E-state index contributed by atoms with van der Waals surface area (Å²) in [6.45, 7) is 3.15. The Labute approximate surface area is 94.2 Å². The zero-order valence-electron chi connectivity index (χ0n) is 8.22. The number of hydrogen-bond donors (Lipinski definition) is 1. The Bertz CT molecular complexity index is 327. The molecule has 0 amide bonds. The number of nitrogens with one attached hydrogen (secondary N) is 1. The molecule has 0 aliphatic carbocycles. The van der Waals surface area contributed by atoms with Crippen LogP contribution in [-0.4, -0.2) is 12.3 Å². The van der Waals surface area contributed by atoms with Gasteiger partial charge in [-0.25, -0.2) is 0 Å². The van der Waals surface area contributed by atoms with Gasteiger partial charge >= 0.3 is 0 Å². The molecule has 1 nitrogen and oxygen atoms in total. The highest BCUT2D eigenvalue weighted by Crippen LogP contribution is 2.35. The smallest absolute Gasteiger partial charge is 0.0449 e. The molecule has 0 saturated heterocycles. The van der Waals surface area contributed by atoms with Gasteiger partial charge in [-0.1, -0.05) is 30.7 Å². The Morgan fingerprint density at radius 1 is 1.57 bits per heavy atom. The monoisotopic (exact) mass is 227 g/mol. The van der Waals surface area contributed by atoms with Crippen molar-refractivity contribution in [1.82, 2.24) is 5.32 Å². The van der Waals surface area contributed by atoms with Gasteiger partial charge in [-0.15, -0.1) is 0 Å². The molecule has 0 spiro atoms. The van der Waals surface area contributed by atoms with E-state index in [1.54, 1.807) is 0 Å². The first kappa shape index (κ1) is 10.3. The summed E-state index contributed by atoms with van der Waals surface area (Å²) in [6, 6.07) is 6.69. The van der Waals surface area contributed by atoms with Crippen LogP contribution >= 0.6 is 23.4 Å². The molecule has 1 N–H and O–H groups in total. The van der Waals surface area contributed by atoms with E-state index in [2.05, 4.69) is 18.3 Å². The highest BCUT2D eigenvalue weighted by molar-refractivity contribution is 7.98. The van der Waals surface area contributed by atoms with Crippen LogP contribution in [-0.2, 0) is 5.75 Å². The van der Waals surface area contributed by atoms with E-state index in [-0.39, 0.29) is 0 Å². The van der Waals surface area contributed by atoms with Gasteiger partial charge in [-0.05, 0) is 23.7 Å². The lowest BCUT2D eigenvalue weighted by atomic mass is 10.0. The number of thioether (sulfide) groups is 1. The van der Waals surface area contributed by atoms with Gasteiger partial charge in [0.25, 0.3) is 0 Å². The largest absolute Gasteiger partial charge is 0.309 e. The molecular formula is C11H14ClNS. The van der Waals surface area contributed by atoms with Crippen molar-refractivity contribution < 1.29 is 0 Å². The normalized spacial score (nSPS) is 20.6. The molecule has 2 rings (SSSR count). The van der Waals surface area contributed by atoms with E-state index in [1.165, 1.54) is 11.1 Å². The van der Waals surface area contributed by atoms with E-state index in [1.807, 2.05) is 23.9 Å². The van der Waals surface area contributed by atoms with Crippen molar-refractivity contribution in [2.24, 2.45) is 0 Å². The lowest BCUT2D eigenvalue weighted by Gasteiger charge is -2.26. The minimum absolute atomic E-state index is 0.479. The Balaban J connectivity index is 2.34. The number of fused-ring (bicyclic) bond motifs is 1. The summed E-state index contributed by atoms with van der Waals surface area (Å²) in [5, 5.41) is 4.40. The molecule has 1 atom stereocenters. The summed E-state index contributed by atoms with van der Waals surface area (Å²) in [5.74, 6) is 2.21. The molecule has 1 heterocycles. The maximum Gasteiger partial charge on any atom is 0.0449 e. The van der Waals surface area contributed by atoms with Crippen molar-refractivity contribution in [1.29, 1.82) is 0 Å². The zero-order chi connectivity index (χ0) is 9.97. The first-order valence-electron chi connectivity index (χ1n) is 4.91. The number of hydrogen-bond acceptors (Lipinski definition) is 2. The van der Waals surface area contributed by atoms with E-state index in [0.29, 0.717) is 6.04 Å². The van der Waals surface area contributed by atoms with Crippen LogP contribution in [0.3, 0.4) is 0 Å². The number of benzene rings is 1. The maximum atomic E-state index is 6.17. The van der Waals surface area contributed by atoms with Crippen molar-refractivity contribution in [2.45, 2.75) is 18.7 Å². The molecule has 1 aliphatic rings. The first-order valence-corrected chi connectivity index (χ1v) is 6.44. The highest BCUT2D eigenvalue weighted by Gasteiger charge is 2.20. The molecule has 0 bridgehead atoms. The zero-order valence-corrected chi connectivity index (χ0v) is 9.79. The highest BCUT2D eigenvalue weighted by atomic mass is 35.5. The second-order valence-electron chi connectivity index (χ2n) is 3.43. The molecule has 0 aromatic heterocycles. The topological polar surface area (TPSA) is 12.0 Å². The lowest BCUT2D eigenvalue weighted by Crippen LogP contribution is -2.26. The summed E-state index contributed by atoms with van der Waals surface area (Å²) < 4.78 is 0. The Hall–Kier alpha value is -0.180. The molecule has 1 aromatic rings. The van der Waals surface area contributed by atoms with Gasteiger partial charge in [0, 0.05) is 22.6 Å². The van der Waals surface area contributed by atoms with Gasteiger partial charge in [0.15, 0.2) is 0 Å². The van der Waals surface area contributed by atoms with Crippen LogP contribution in [0.5, 0.6) is 0 Å². The summed E-state index contributed by atoms with van der Waals surface area (Å²) >= 11 is 8.12. The van der Waals surface area contributed by atoms with Crippen molar-refractivity contribution >= 4 is 23.4 Å². The molecule has 3 heteroatoms. The molecule has 1 aromatic carbocycles. The Kier molecular flexibility index (Phi) is 3.37. The molecule has 1 aliphatic heterocycles. The predicted octanol–water partition coefficient (Wildman–Crippen LogP) is 3.24. The molecule has 76 valence electrons. The standard InChI is InChI=1S/C11H14ClNS/c1-2-13-11-7-14-6-9-8(11)4-3-5-10(9)12/h3-5,11,13H,2,6-7H2,1H3. The van der Waals surface area contributed by atoms with Crippen LogP contribution in [0.25, 0.3) is 0 Å². The van der Waals surface area contributed by atoms with Crippen molar-refractivity contribution in [3.05, 3.63) is 34.3 Å². The van der Waals surface area contributed by atoms with Gasteiger partial charge in [-0.2, -0.15) is 11.8 Å². The van der Waals surface area contributed by atoms with E-state index in [4.69, 9.17) is 11.6 Å². The van der Waals surface area contributed by atoms with Gasteiger partial charge in [0.1, 0.15) is 0 Å². The average Bonchev–Trinajstić information content (AvgIpc) is 2.20. The average molecular weight is 228 g/mol. The molecule has 1 unspecified atom stereocenters. The SMILES string of the molecule is CCNC1CSCc2c(Cl)cccc21. The van der Waals surface area contributed by atoms with Crippen molar-refractivity contribution in [3.63, 3.8) is 0 Å². The van der Waals surface area contributed by atoms with Crippen LogP contribution < -0.4 is 5.32 Å².